The summed E-state index contributed by atoms with van der Waals surface area (Å²) in [5.74, 6) is 0.149. The van der Waals surface area contributed by atoms with Gasteiger partial charge in [-0.3, -0.25) is 4.79 Å². The lowest BCUT2D eigenvalue weighted by molar-refractivity contribution is -0.128. The Hall–Kier alpha value is -2.60. The first kappa shape index (κ1) is 25.7. The Morgan fingerprint density at radius 3 is 2.66 bits per heavy atom. The van der Waals surface area contributed by atoms with Crippen LogP contribution < -0.4 is 19.3 Å². The molecule has 10 nitrogen and oxygen atoms in total. The molecule has 4 fully saturated rings. The third-order valence-electron chi connectivity index (χ3n) is 7.78. The van der Waals surface area contributed by atoms with Gasteiger partial charge in [-0.05, 0) is 49.9 Å². The molecule has 1 aliphatic carbocycles. The second-order valence-electron chi connectivity index (χ2n) is 10.7. The van der Waals surface area contributed by atoms with Crippen molar-refractivity contribution in [2.24, 2.45) is 0 Å². The third kappa shape index (κ3) is 4.92. The zero-order chi connectivity index (χ0) is 26.5. The minimum atomic E-state index is -4.24. The van der Waals surface area contributed by atoms with E-state index in [1.807, 2.05) is 11.0 Å². The molecule has 3 aliphatic heterocycles. The number of anilines is 2. The number of carbonyl (C=O) groups is 1. The molecule has 0 unspecified atom stereocenters. The number of hydrogen-bond donors (Lipinski definition) is 2. The van der Waals surface area contributed by atoms with Gasteiger partial charge in [-0.15, -0.1) is 0 Å². The molecular formula is C26H31ClN4O6S. The van der Waals surface area contributed by atoms with Crippen LogP contribution in [0.15, 0.2) is 41.4 Å². The predicted molar refractivity (Wildman–Crippen MR) is 141 cm³/mol. The number of β-amino-alcohol motifs (C(OH)–C–C–N with tert-alkyl or cyclic N) is 1. The normalized spacial score (nSPS) is 23.7. The van der Waals surface area contributed by atoms with Crippen molar-refractivity contribution in [3.8, 4) is 5.75 Å². The minimum Gasteiger partial charge on any atom is -0.475 e. The summed E-state index contributed by atoms with van der Waals surface area (Å²) >= 11 is 6.27. The summed E-state index contributed by atoms with van der Waals surface area (Å²) in [7, 11) is -4.24. The van der Waals surface area contributed by atoms with Gasteiger partial charge < -0.3 is 24.4 Å². The van der Waals surface area contributed by atoms with E-state index in [4.69, 9.17) is 21.1 Å². The third-order valence-corrected chi connectivity index (χ3v) is 9.24. The number of nitrogens with one attached hydrogen (secondary N) is 1. The molecule has 4 heterocycles. The number of halogens is 1. The van der Waals surface area contributed by atoms with Crippen LogP contribution in [0.3, 0.4) is 0 Å². The molecule has 4 aliphatic rings. The standard InChI is InChI=1S/C26H31ClN4O6S/c27-18-6-7-20(31-16-25(17-31)9-1-2-13-36-25)21(14-18)37-26(10-11-26)24(33)29-38(34,35)23-5-3-4-22(28-23)30-12-8-19(32)15-30/h3-7,14,19,32H,1-2,8-13,15-17H2,(H,29,33)/t19-/m0/s1. The number of nitrogens with zero attached hydrogens (tertiary/aromatic N) is 3. The Labute approximate surface area is 226 Å². The molecule has 0 radical (unpaired) electrons. The first-order chi connectivity index (χ1) is 18.2. The van der Waals surface area contributed by atoms with Gasteiger partial charge in [0.25, 0.3) is 15.9 Å². The quantitative estimate of drug-likeness (QED) is 0.524. The zero-order valence-corrected chi connectivity index (χ0v) is 22.5. The predicted octanol–water partition coefficient (Wildman–Crippen LogP) is 2.48. The zero-order valence-electron chi connectivity index (χ0n) is 20.9. The summed E-state index contributed by atoms with van der Waals surface area (Å²) in [4.78, 5) is 21.4. The lowest BCUT2D eigenvalue weighted by Gasteiger charge is -2.53. The lowest BCUT2D eigenvalue weighted by atomic mass is 9.85. The van der Waals surface area contributed by atoms with Crippen molar-refractivity contribution in [3.05, 3.63) is 41.4 Å². The highest BCUT2D eigenvalue weighted by atomic mass is 35.5. The first-order valence-corrected chi connectivity index (χ1v) is 14.9. The van der Waals surface area contributed by atoms with Crippen LogP contribution in [-0.2, 0) is 19.6 Å². The van der Waals surface area contributed by atoms with E-state index >= 15 is 0 Å². The number of amides is 1. The number of carbonyl (C=O) groups excluding carboxylic acids is 1. The van der Waals surface area contributed by atoms with Crippen LogP contribution in [0.5, 0.6) is 5.75 Å². The van der Waals surface area contributed by atoms with E-state index < -0.39 is 27.6 Å². The molecule has 0 bridgehead atoms. The van der Waals surface area contributed by atoms with Gasteiger partial charge in [0.2, 0.25) is 0 Å². The number of pyridine rings is 1. The molecule has 204 valence electrons. The van der Waals surface area contributed by atoms with Crippen LogP contribution in [0, 0.1) is 0 Å². The van der Waals surface area contributed by atoms with Crippen LogP contribution in [-0.4, -0.2) is 74.5 Å². The van der Waals surface area contributed by atoms with E-state index in [9.17, 15) is 18.3 Å². The second-order valence-corrected chi connectivity index (χ2v) is 12.8. The number of ether oxygens (including phenoxy) is 2. The van der Waals surface area contributed by atoms with Gasteiger partial charge in [0, 0.05) is 56.7 Å². The fourth-order valence-corrected chi connectivity index (χ4v) is 6.62. The number of aromatic nitrogens is 1. The van der Waals surface area contributed by atoms with Gasteiger partial charge in [0.05, 0.1) is 11.8 Å². The van der Waals surface area contributed by atoms with Crippen molar-refractivity contribution in [2.45, 2.75) is 60.9 Å². The Kier molecular flexibility index (Phi) is 6.45. The number of sulfonamides is 1. The van der Waals surface area contributed by atoms with Crippen LogP contribution >= 0.6 is 11.6 Å². The van der Waals surface area contributed by atoms with Crippen LogP contribution in [0.2, 0.25) is 5.02 Å². The van der Waals surface area contributed by atoms with E-state index in [0.29, 0.717) is 48.9 Å². The van der Waals surface area contributed by atoms with Crippen molar-refractivity contribution in [1.82, 2.24) is 9.71 Å². The fraction of sp³-hybridized carbons (Fsp3) is 0.538. The highest BCUT2D eigenvalue weighted by Gasteiger charge is 2.55. The van der Waals surface area contributed by atoms with Crippen molar-refractivity contribution in [3.63, 3.8) is 0 Å². The van der Waals surface area contributed by atoms with Crippen LogP contribution in [0.4, 0.5) is 11.5 Å². The highest BCUT2D eigenvalue weighted by molar-refractivity contribution is 7.90. The van der Waals surface area contributed by atoms with Crippen molar-refractivity contribution in [1.29, 1.82) is 0 Å². The maximum absolute atomic E-state index is 13.2. The molecule has 1 spiro atoms. The molecule has 1 aromatic carbocycles. The highest BCUT2D eigenvalue weighted by Crippen LogP contribution is 2.47. The van der Waals surface area contributed by atoms with Crippen molar-refractivity contribution in [2.75, 3.05) is 42.6 Å². The maximum atomic E-state index is 13.2. The number of aliphatic hydroxyl groups excluding tert-OH is 1. The monoisotopic (exact) mass is 562 g/mol. The summed E-state index contributed by atoms with van der Waals surface area (Å²) in [6.07, 6.45) is 4.12. The van der Waals surface area contributed by atoms with Gasteiger partial charge in [-0.25, -0.2) is 9.71 Å². The van der Waals surface area contributed by atoms with Crippen molar-refractivity contribution < 1.29 is 27.8 Å². The molecular weight excluding hydrogens is 532 g/mol. The lowest BCUT2D eigenvalue weighted by Crippen LogP contribution is -2.64. The fourth-order valence-electron chi connectivity index (χ4n) is 5.46. The average Bonchev–Trinajstić information content (AvgIpc) is 3.54. The average molecular weight is 563 g/mol. The first-order valence-electron chi connectivity index (χ1n) is 13.0. The summed E-state index contributed by atoms with van der Waals surface area (Å²) in [6, 6.07) is 9.91. The van der Waals surface area contributed by atoms with Crippen LogP contribution in [0.1, 0.15) is 38.5 Å². The summed E-state index contributed by atoms with van der Waals surface area (Å²) in [5, 5.41) is 10.0. The molecule has 2 aromatic rings. The van der Waals surface area contributed by atoms with Gasteiger partial charge in [0.15, 0.2) is 10.6 Å². The summed E-state index contributed by atoms with van der Waals surface area (Å²) in [6.45, 7) is 3.19. The molecule has 38 heavy (non-hydrogen) atoms. The van der Waals surface area contributed by atoms with Crippen LogP contribution in [0.25, 0.3) is 0 Å². The minimum absolute atomic E-state index is 0.132. The Bertz CT molecular complexity index is 1340. The largest absolute Gasteiger partial charge is 0.475 e. The molecule has 6 rings (SSSR count). The molecule has 12 heteroatoms. The van der Waals surface area contributed by atoms with E-state index in [1.54, 1.807) is 24.3 Å². The smallest absolute Gasteiger partial charge is 0.281 e. The second kappa shape index (κ2) is 9.55. The molecule has 1 saturated carbocycles. The Morgan fingerprint density at radius 2 is 1.97 bits per heavy atom. The van der Waals surface area contributed by atoms with E-state index in [-0.39, 0.29) is 10.6 Å². The molecule has 1 amide bonds. The molecule has 3 saturated heterocycles. The maximum Gasteiger partial charge on any atom is 0.281 e. The van der Waals surface area contributed by atoms with E-state index in [2.05, 4.69) is 14.6 Å². The van der Waals surface area contributed by atoms with Gasteiger partial charge in [-0.1, -0.05) is 17.7 Å². The molecule has 1 atom stereocenters. The Balaban J connectivity index is 1.17. The number of aliphatic hydroxyl groups is 1. The summed E-state index contributed by atoms with van der Waals surface area (Å²) < 4.78 is 40.6. The van der Waals surface area contributed by atoms with Crippen molar-refractivity contribution >= 4 is 39.0 Å². The van der Waals surface area contributed by atoms with Gasteiger partial charge >= 0.3 is 0 Å². The topological polar surface area (TPSA) is 121 Å². The number of benzene rings is 1. The molecule has 1 aromatic heterocycles. The van der Waals surface area contributed by atoms with E-state index in [1.165, 1.54) is 6.07 Å². The molecule has 2 N–H and O–H groups in total. The number of hydrogen-bond acceptors (Lipinski definition) is 9. The van der Waals surface area contributed by atoms with Gasteiger partial charge in [-0.2, -0.15) is 8.42 Å². The summed E-state index contributed by atoms with van der Waals surface area (Å²) in [5.41, 5.74) is -0.627. The SMILES string of the molecule is O=C(NS(=O)(=O)c1cccc(N2CC[C@H](O)C2)n1)C1(Oc2cc(Cl)ccc2N2CC3(CCCCO3)C2)CC1. The Morgan fingerprint density at radius 1 is 1.16 bits per heavy atom. The number of rotatable bonds is 7. The van der Waals surface area contributed by atoms with E-state index in [0.717, 1.165) is 44.6 Å². The van der Waals surface area contributed by atoms with Gasteiger partial charge in [0.1, 0.15) is 17.2 Å².